The fourth-order valence-corrected chi connectivity index (χ4v) is 5.16. The van der Waals surface area contributed by atoms with Gasteiger partial charge in [0.2, 0.25) is 0 Å². The van der Waals surface area contributed by atoms with E-state index in [-0.39, 0.29) is 0 Å². The van der Waals surface area contributed by atoms with Crippen molar-refractivity contribution in [2.24, 2.45) is 0 Å². The lowest BCUT2D eigenvalue weighted by Crippen LogP contribution is -2.00. The molecule has 0 saturated carbocycles. The molecule has 0 N–H and O–H groups in total. The number of rotatable bonds is 27. The minimum atomic E-state index is 0.442. The van der Waals surface area contributed by atoms with E-state index in [1.807, 2.05) is 6.07 Å². The van der Waals surface area contributed by atoms with Crippen molar-refractivity contribution in [3.05, 3.63) is 35.9 Å². The molecular weight excluding hydrogens is 424 g/mol. The molecule has 0 aromatic heterocycles. The lowest BCUT2D eigenvalue weighted by atomic mass is 10.0. The fourth-order valence-electron chi connectivity index (χ4n) is 5.16. The molecule has 1 aromatic rings. The van der Waals surface area contributed by atoms with Crippen molar-refractivity contribution in [1.29, 1.82) is 0 Å². The van der Waals surface area contributed by atoms with Gasteiger partial charge in [0.15, 0.2) is 0 Å². The molecule has 202 valence electrons. The van der Waals surface area contributed by atoms with Gasteiger partial charge in [0.1, 0.15) is 5.78 Å². The van der Waals surface area contributed by atoms with Crippen LogP contribution < -0.4 is 0 Å². The third-order valence-electron chi connectivity index (χ3n) is 7.59. The normalized spacial score (nSPS) is 11.2. The van der Waals surface area contributed by atoms with Crippen molar-refractivity contribution in [3.8, 4) is 0 Å². The van der Waals surface area contributed by atoms with Gasteiger partial charge >= 0.3 is 0 Å². The molecule has 35 heavy (non-hydrogen) atoms. The second-order valence-electron chi connectivity index (χ2n) is 11.1. The molecule has 0 aliphatic heterocycles. The zero-order valence-electron chi connectivity index (χ0n) is 23.7. The number of hydrogen-bond donors (Lipinski definition) is 0. The molecule has 0 amide bonds. The first-order valence-electron chi connectivity index (χ1n) is 15.9. The highest BCUT2D eigenvalue weighted by Gasteiger charge is 2.03. The standard InChI is InChI=1S/C34H60O/c1-2-3-4-5-6-7-8-9-10-11-12-13-14-15-16-17-18-19-20-21-22-23-27-30-34(35)32-31-33-28-25-24-26-29-33/h24-26,28-29H,2-23,27,30-32H2,1H3. The van der Waals surface area contributed by atoms with Gasteiger partial charge in [-0.05, 0) is 18.4 Å². The summed E-state index contributed by atoms with van der Waals surface area (Å²) in [7, 11) is 0. The highest BCUT2D eigenvalue weighted by Crippen LogP contribution is 2.16. The van der Waals surface area contributed by atoms with Crippen LogP contribution in [0.5, 0.6) is 0 Å². The molecule has 0 fully saturated rings. The van der Waals surface area contributed by atoms with Crippen molar-refractivity contribution in [2.45, 2.75) is 174 Å². The summed E-state index contributed by atoms with van der Waals surface area (Å²) in [6.45, 7) is 2.30. The predicted molar refractivity (Wildman–Crippen MR) is 156 cm³/mol. The van der Waals surface area contributed by atoms with E-state index in [1.165, 1.54) is 147 Å². The van der Waals surface area contributed by atoms with Crippen LogP contribution in [-0.4, -0.2) is 5.78 Å². The average Bonchev–Trinajstić information content (AvgIpc) is 2.88. The molecule has 0 saturated heterocycles. The van der Waals surface area contributed by atoms with E-state index < -0.39 is 0 Å². The van der Waals surface area contributed by atoms with Crippen LogP contribution >= 0.6 is 0 Å². The van der Waals surface area contributed by atoms with E-state index in [2.05, 4.69) is 31.2 Å². The average molecular weight is 485 g/mol. The van der Waals surface area contributed by atoms with E-state index in [4.69, 9.17) is 0 Å². The molecule has 1 nitrogen and oxygen atoms in total. The Hall–Kier alpha value is -1.11. The molecule has 0 atom stereocenters. The summed E-state index contributed by atoms with van der Waals surface area (Å²) >= 11 is 0. The number of aryl methyl sites for hydroxylation is 1. The number of unbranched alkanes of at least 4 members (excludes halogenated alkanes) is 22. The Morgan fingerprint density at radius 3 is 1.17 bits per heavy atom. The topological polar surface area (TPSA) is 17.1 Å². The van der Waals surface area contributed by atoms with Gasteiger partial charge in [-0.15, -0.1) is 0 Å². The number of benzene rings is 1. The van der Waals surface area contributed by atoms with E-state index >= 15 is 0 Å². The summed E-state index contributed by atoms with van der Waals surface area (Å²) in [6, 6.07) is 10.4. The third kappa shape index (κ3) is 23.1. The van der Waals surface area contributed by atoms with Crippen molar-refractivity contribution in [1.82, 2.24) is 0 Å². The first-order chi connectivity index (χ1) is 17.3. The first-order valence-corrected chi connectivity index (χ1v) is 15.9. The highest BCUT2D eigenvalue weighted by molar-refractivity contribution is 5.78. The van der Waals surface area contributed by atoms with Crippen molar-refractivity contribution in [3.63, 3.8) is 0 Å². The van der Waals surface area contributed by atoms with Crippen LogP contribution in [0.15, 0.2) is 30.3 Å². The van der Waals surface area contributed by atoms with Gasteiger partial charge in [-0.2, -0.15) is 0 Å². The molecule has 0 spiro atoms. The van der Waals surface area contributed by atoms with E-state index in [1.54, 1.807) is 0 Å². The Labute approximate surface area is 220 Å². The van der Waals surface area contributed by atoms with Crippen molar-refractivity contribution in [2.75, 3.05) is 0 Å². The molecule has 0 radical (unpaired) electrons. The number of carbonyl (C=O) groups is 1. The predicted octanol–water partition coefficient (Wildman–Crippen LogP) is 11.6. The van der Waals surface area contributed by atoms with Gasteiger partial charge < -0.3 is 0 Å². The SMILES string of the molecule is CCCCCCCCCCCCCCCCCCCCCCCCCC(=O)CCc1ccccc1. The Morgan fingerprint density at radius 2 is 0.800 bits per heavy atom. The molecular formula is C34H60O. The maximum Gasteiger partial charge on any atom is 0.133 e. The molecule has 0 bridgehead atoms. The molecule has 1 rings (SSSR count). The molecule has 0 aliphatic carbocycles. The quantitative estimate of drug-likeness (QED) is 0.113. The molecule has 0 heterocycles. The van der Waals surface area contributed by atoms with Crippen LogP contribution in [0.2, 0.25) is 0 Å². The number of carbonyl (C=O) groups excluding carboxylic acids is 1. The van der Waals surface area contributed by atoms with Gasteiger partial charge in [0.05, 0.1) is 0 Å². The van der Waals surface area contributed by atoms with Crippen LogP contribution in [0.3, 0.4) is 0 Å². The van der Waals surface area contributed by atoms with Gasteiger partial charge in [-0.1, -0.05) is 179 Å². The zero-order chi connectivity index (χ0) is 25.1. The lowest BCUT2D eigenvalue weighted by molar-refractivity contribution is -0.119. The van der Waals surface area contributed by atoms with Crippen LogP contribution in [0.25, 0.3) is 0 Å². The van der Waals surface area contributed by atoms with Crippen LogP contribution in [0.1, 0.15) is 173 Å². The second kappa shape index (κ2) is 26.0. The Kier molecular flexibility index (Phi) is 23.7. The van der Waals surface area contributed by atoms with Crippen LogP contribution in [-0.2, 0) is 11.2 Å². The summed E-state index contributed by atoms with van der Waals surface area (Å²) in [5.74, 6) is 0.442. The second-order valence-corrected chi connectivity index (χ2v) is 11.1. The summed E-state index contributed by atoms with van der Waals surface area (Å²) in [5, 5.41) is 0. The van der Waals surface area contributed by atoms with Crippen LogP contribution in [0.4, 0.5) is 0 Å². The molecule has 0 unspecified atom stereocenters. The molecule has 0 aliphatic rings. The smallest absolute Gasteiger partial charge is 0.133 e. The van der Waals surface area contributed by atoms with E-state index in [0.29, 0.717) is 12.2 Å². The number of ketones is 1. The van der Waals surface area contributed by atoms with Gasteiger partial charge in [0, 0.05) is 12.8 Å². The molecule has 1 aromatic carbocycles. The molecule has 1 heteroatoms. The van der Waals surface area contributed by atoms with E-state index in [0.717, 1.165) is 19.3 Å². The Bertz CT molecular complexity index is 549. The monoisotopic (exact) mass is 484 g/mol. The summed E-state index contributed by atoms with van der Waals surface area (Å²) in [5.41, 5.74) is 1.28. The summed E-state index contributed by atoms with van der Waals surface area (Å²) in [6.07, 6.45) is 34.9. The van der Waals surface area contributed by atoms with Crippen molar-refractivity contribution < 1.29 is 4.79 Å². The summed E-state index contributed by atoms with van der Waals surface area (Å²) in [4.78, 5) is 12.0. The first kappa shape index (κ1) is 31.9. The lowest BCUT2D eigenvalue weighted by Gasteiger charge is -2.04. The Morgan fingerprint density at radius 1 is 0.457 bits per heavy atom. The fraction of sp³-hybridized carbons (Fsp3) is 0.794. The summed E-state index contributed by atoms with van der Waals surface area (Å²) < 4.78 is 0. The highest BCUT2D eigenvalue weighted by atomic mass is 16.1. The van der Waals surface area contributed by atoms with Gasteiger partial charge in [0.25, 0.3) is 0 Å². The van der Waals surface area contributed by atoms with E-state index in [9.17, 15) is 4.79 Å². The third-order valence-corrected chi connectivity index (χ3v) is 7.59. The maximum atomic E-state index is 12.0. The number of hydrogen-bond acceptors (Lipinski definition) is 1. The van der Waals surface area contributed by atoms with Gasteiger partial charge in [-0.25, -0.2) is 0 Å². The van der Waals surface area contributed by atoms with Crippen molar-refractivity contribution >= 4 is 5.78 Å². The minimum Gasteiger partial charge on any atom is -0.300 e. The maximum absolute atomic E-state index is 12.0. The minimum absolute atomic E-state index is 0.442. The zero-order valence-corrected chi connectivity index (χ0v) is 23.7. The largest absolute Gasteiger partial charge is 0.300 e. The van der Waals surface area contributed by atoms with Gasteiger partial charge in [-0.3, -0.25) is 4.79 Å². The Balaban J connectivity index is 1.69. The number of Topliss-reactive ketones (excluding diaryl/α,β-unsaturated/α-hetero) is 1. The van der Waals surface area contributed by atoms with Crippen LogP contribution in [0, 0.1) is 0 Å².